The Labute approximate surface area is 541 Å². The molecule has 2 aromatic carbocycles. The first kappa shape index (κ1) is 65.6. The first-order valence-electron chi connectivity index (χ1n) is 27.9. The summed E-state index contributed by atoms with van der Waals surface area (Å²) in [5.41, 5.74) is 6.18. The van der Waals surface area contributed by atoms with E-state index in [2.05, 4.69) is 76.4 Å². The minimum absolute atomic E-state index is 0.0971. The van der Waals surface area contributed by atoms with Crippen LogP contribution in [0.2, 0.25) is 15.7 Å². The van der Waals surface area contributed by atoms with Crippen LogP contribution in [0.1, 0.15) is 73.4 Å². The number of fused-ring (bicyclic) bond motifs is 3. The van der Waals surface area contributed by atoms with Gasteiger partial charge in [-0.1, -0.05) is 18.0 Å². The fourth-order valence-corrected chi connectivity index (χ4v) is 14.5. The topological polar surface area (TPSA) is 264 Å². The molecule has 8 aromatic heterocycles. The Kier molecular flexibility index (Phi) is 23.8. The first-order valence-corrected chi connectivity index (χ1v) is 34.5. The molecule has 4 atom stereocenters. The molecule has 21 nitrogen and oxygen atoms in total. The van der Waals surface area contributed by atoms with Crippen LogP contribution in [0.3, 0.4) is 0 Å². The summed E-state index contributed by atoms with van der Waals surface area (Å²) >= 11 is 21.7. The van der Waals surface area contributed by atoms with Gasteiger partial charge in [-0.15, -0.1) is 34.0 Å². The van der Waals surface area contributed by atoms with E-state index in [0.29, 0.717) is 63.9 Å². The summed E-state index contributed by atoms with van der Waals surface area (Å²) in [6, 6.07) is 14.3. The van der Waals surface area contributed by atoms with Crippen molar-refractivity contribution in [1.29, 1.82) is 0 Å². The quantitative estimate of drug-likeness (QED) is 0.0185. The van der Waals surface area contributed by atoms with Crippen molar-refractivity contribution in [2.45, 2.75) is 81.2 Å². The summed E-state index contributed by atoms with van der Waals surface area (Å²) in [5, 5.41) is 44.0. The predicted octanol–water partition coefficient (Wildman–Crippen LogP) is 8.52. The van der Waals surface area contributed by atoms with E-state index in [1.54, 1.807) is 63.8 Å². The molecule has 1 unspecified atom stereocenters. The number of anilines is 3. The van der Waals surface area contributed by atoms with Crippen molar-refractivity contribution in [3.05, 3.63) is 122 Å². The molecular formula is C59H69Cl3IN14O7S3-. The number of nitrogens with zero attached hydrogens (tertiary/aromatic N) is 11. The molecule has 87 heavy (non-hydrogen) atoms. The molecule has 3 fully saturated rings. The van der Waals surface area contributed by atoms with Gasteiger partial charge in [-0.2, -0.15) is 4.98 Å². The van der Waals surface area contributed by atoms with E-state index in [1.807, 2.05) is 68.0 Å². The molecule has 13 rings (SSSR count). The van der Waals surface area contributed by atoms with Gasteiger partial charge in [-0.3, -0.25) is 0 Å². The van der Waals surface area contributed by atoms with Crippen LogP contribution < -0.4 is 59.9 Å². The van der Waals surface area contributed by atoms with E-state index in [0.717, 1.165) is 132 Å². The zero-order valence-electron chi connectivity index (χ0n) is 48.8. The normalized spacial score (nSPS) is 17.0. The van der Waals surface area contributed by atoms with Gasteiger partial charge in [0.25, 0.3) is 0 Å². The molecule has 10 heterocycles. The van der Waals surface area contributed by atoms with E-state index in [9.17, 15) is 10.2 Å². The van der Waals surface area contributed by atoms with Gasteiger partial charge in [0.2, 0.25) is 16.5 Å². The maximum atomic E-state index is 9.79. The molecule has 3 aliphatic rings. The predicted molar refractivity (Wildman–Crippen MR) is 344 cm³/mol. The number of benzene rings is 2. The van der Waals surface area contributed by atoms with Gasteiger partial charge in [0.1, 0.15) is 37.5 Å². The number of aromatic nitrogens is 10. The number of imidazole rings is 2. The van der Waals surface area contributed by atoms with Crippen molar-refractivity contribution in [1.82, 2.24) is 54.3 Å². The fourth-order valence-electron chi connectivity index (χ4n) is 10.6. The number of aryl methyl sites for hydroxylation is 1. The van der Waals surface area contributed by atoms with Gasteiger partial charge in [0.15, 0.2) is 5.82 Å². The Hall–Kier alpha value is -5.82. The average Bonchev–Trinajstić information content (AvgIpc) is 3.00. The molecule has 0 radical (unpaired) electrons. The zero-order valence-corrected chi connectivity index (χ0v) is 55.7. The second kappa shape index (κ2) is 31.6. The molecule has 2 saturated heterocycles. The van der Waals surface area contributed by atoms with E-state index < -0.39 is 0 Å². The van der Waals surface area contributed by atoms with E-state index >= 15 is 0 Å². The number of nitrogens with two attached hydrogens (primary N) is 1. The third-order valence-electron chi connectivity index (χ3n) is 15.1. The number of aliphatic hydroxyl groups excluding tert-OH is 3. The Bertz CT molecular complexity index is 3840. The van der Waals surface area contributed by atoms with Crippen molar-refractivity contribution < 1.29 is 55.7 Å². The van der Waals surface area contributed by atoms with Crippen LogP contribution in [0.4, 0.5) is 17.6 Å². The third kappa shape index (κ3) is 16.2. The van der Waals surface area contributed by atoms with Crippen molar-refractivity contribution >= 4 is 117 Å². The van der Waals surface area contributed by atoms with Crippen LogP contribution in [0, 0.1) is 19.8 Å². The molecule has 2 aliphatic heterocycles. The third-order valence-corrected chi connectivity index (χ3v) is 19.4. The summed E-state index contributed by atoms with van der Waals surface area (Å²) in [6.07, 6.45) is 15.1. The van der Waals surface area contributed by atoms with Crippen LogP contribution >= 0.6 is 68.8 Å². The van der Waals surface area contributed by atoms with Gasteiger partial charge in [-0.05, 0) is 140 Å². The molecule has 1 saturated carbocycles. The number of hydrogen-bond acceptors (Lipinski definition) is 22. The molecule has 464 valence electrons. The van der Waals surface area contributed by atoms with Gasteiger partial charge >= 0.3 is 128 Å². The molecule has 7 N–H and O–H groups in total. The maximum Gasteiger partial charge on any atom is 0.231 e. The summed E-state index contributed by atoms with van der Waals surface area (Å²) in [6.45, 7) is 6.76. The van der Waals surface area contributed by atoms with E-state index in [-0.39, 0.29) is 46.0 Å². The van der Waals surface area contributed by atoms with Crippen LogP contribution in [-0.4, -0.2) is 138 Å². The number of thiophene rings is 3. The van der Waals surface area contributed by atoms with Crippen LogP contribution in [0.25, 0.3) is 42.0 Å². The number of halogens is 4. The monoisotopic (exact) mass is 1410 g/mol. The van der Waals surface area contributed by atoms with Crippen molar-refractivity contribution in [3.63, 3.8) is 0 Å². The maximum absolute atomic E-state index is 9.79. The number of rotatable bonds is 15. The van der Waals surface area contributed by atoms with Crippen LogP contribution in [0.5, 0.6) is 23.0 Å². The second-order valence-corrected chi connectivity index (χ2v) is 25.8. The molecule has 0 bridgehead atoms. The number of nitrogens with one attached hydrogen (secondary N) is 2. The molecule has 0 amide bonds. The van der Waals surface area contributed by atoms with Gasteiger partial charge in [0, 0.05) is 42.0 Å². The standard InChI is InChI=1S/C23H26N6O2S.C13H17IN3O3.C12H13ClN2OS.C6H2Cl2N2S.C5H11NO/c1-14-9-17(10-19(31-3)15(14)2)28-11-20(24-13-28)25-23-26-21(18-6-8-32-22(18)27-23)29-7-4-5-16(29)12-30;1-18-11-4-10(5-12(19-2)13(11)20-3)17-7-9(6-14-15)16-8-17;13-12-14-10(8-3-1-2-7(8)6-16)9-4-5-17-11(9)15-12;7-4-3-1-2-11-5(3)10-6(8)9-4;7-4-5-2-1-3-6-5/h6,8-11,13,16,30H,4-5,7,12H2,1-3H3,(H,25,26,27);4-5,7-8H,6,15H2,1-3H3;4-5,7-8,16H,1-3,6H2;1-2H;5-7H,1-4H2/q;-1;;;/t16-;;7-,8?;;5-/m0.0.0/s1. The van der Waals surface area contributed by atoms with Crippen LogP contribution in [0.15, 0.2) is 83.7 Å². The number of methoxy groups -OCH3 is 4. The second-order valence-electron chi connectivity index (χ2n) is 20.4. The Morgan fingerprint density at radius 1 is 0.678 bits per heavy atom. The minimum atomic E-state index is -0.300. The fraction of sp³-hybridized carbons (Fsp3) is 0.390. The minimum Gasteiger partial charge on any atom is -0.496 e. The Balaban J connectivity index is 0.000000141. The molecular weight excluding hydrogens is 1350 g/mol. The van der Waals surface area contributed by atoms with Gasteiger partial charge < -0.3 is 40.2 Å². The molecule has 1 aliphatic carbocycles. The van der Waals surface area contributed by atoms with Crippen LogP contribution in [-0.2, 0) is 4.43 Å². The van der Waals surface area contributed by atoms with Crippen molar-refractivity contribution in [3.8, 4) is 34.4 Å². The summed E-state index contributed by atoms with van der Waals surface area (Å²) in [5.74, 6) is 5.34. The Morgan fingerprint density at radius 3 is 1.97 bits per heavy atom. The smallest absolute Gasteiger partial charge is 0.231 e. The van der Waals surface area contributed by atoms with E-state index in [1.165, 1.54) is 17.8 Å². The number of alkyl halides is 1. The Morgan fingerprint density at radius 2 is 1.32 bits per heavy atom. The summed E-state index contributed by atoms with van der Waals surface area (Å²) in [7, 11) is 6.46. The largest absolute Gasteiger partial charge is 0.496 e. The first-order chi connectivity index (χ1) is 42.3. The molecule has 28 heteroatoms. The summed E-state index contributed by atoms with van der Waals surface area (Å²) < 4.78 is 31.9. The van der Waals surface area contributed by atoms with Gasteiger partial charge in [-0.25, -0.2) is 29.9 Å². The number of aliphatic hydroxyl groups is 3. The molecule has 10 aromatic rings. The number of hydrogen-bond donors (Lipinski definition) is 6. The average molecular weight is 1420 g/mol. The molecule has 0 spiro atoms. The SMILES string of the molecule is COc1cc(-n2cnc(C[I-]N)c2)cc(OC)c1OC.COc1cc(-n2cnc(Nc3nc(N4CCC[C@H]4CO)c4ccsc4n3)c2)cc(C)c1C.Clc1nc(Cl)c2ccsc2n1.OC[C@@H]1CCCC1c1nc(Cl)nc2sccc12.OC[C@@H]1CCCN1. The van der Waals surface area contributed by atoms with Gasteiger partial charge in [0.05, 0.1) is 49.3 Å². The van der Waals surface area contributed by atoms with Crippen molar-refractivity contribution in [2.24, 2.45) is 9.86 Å². The summed E-state index contributed by atoms with van der Waals surface area (Å²) in [4.78, 5) is 39.6. The van der Waals surface area contributed by atoms with E-state index in [4.69, 9.17) is 67.8 Å². The van der Waals surface area contributed by atoms with Crippen molar-refractivity contribution in [2.75, 3.05) is 71.6 Å². The number of ether oxygens (including phenoxy) is 4. The zero-order chi connectivity index (χ0) is 61.6.